The van der Waals surface area contributed by atoms with Crippen LogP contribution in [0.25, 0.3) is 0 Å². The average Bonchev–Trinajstić information content (AvgIpc) is 3.12. The minimum Gasteiger partial charge on any atom is -0.370 e. The Balaban J connectivity index is 1.60. The van der Waals surface area contributed by atoms with Crippen molar-refractivity contribution in [2.45, 2.75) is 47.0 Å². The zero-order chi connectivity index (χ0) is 23.6. The van der Waals surface area contributed by atoms with Gasteiger partial charge < -0.3 is 20.3 Å². The highest BCUT2D eigenvalue weighted by Crippen LogP contribution is 2.44. The second-order valence-corrected chi connectivity index (χ2v) is 11.5. The molecule has 4 rings (SSSR count). The number of rotatable bonds is 5. The van der Waals surface area contributed by atoms with Crippen molar-refractivity contribution < 1.29 is 19.2 Å². The zero-order valence-electron chi connectivity index (χ0n) is 20.2. The lowest BCUT2D eigenvalue weighted by molar-refractivity contribution is -0.899. The number of amides is 2. The molecule has 1 fully saturated rings. The normalized spacial score (nSPS) is 19.1. The van der Waals surface area contributed by atoms with Crippen molar-refractivity contribution in [3.8, 4) is 0 Å². The number of ether oxygens (including phenoxy) is 1. The number of aryl methyl sites for hydroxylation is 1. The van der Waals surface area contributed by atoms with Crippen molar-refractivity contribution in [1.29, 1.82) is 0 Å². The first-order chi connectivity index (χ1) is 15.7. The van der Waals surface area contributed by atoms with Crippen LogP contribution in [0.3, 0.4) is 0 Å². The number of hydrogen-bond donors (Lipinski definition) is 3. The van der Waals surface area contributed by atoms with Crippen LogP contribution in [0.1, 0.15) is 53.6 Å². The summed E-state index contributed by atoms with van der Waals surface area (Å²) in [7, 11) is 0. The number of fused-ring (bicyclic) bond motifs is 1. The molecule has 2 amide bonds. The molecule has 2 aliphatic rings. The van der Waals surface area contributed by atoms with E-state index in [2.05, 4.69) is 31.4 Å². The van der Waals surface area contributed by atoms with E-state index in [4.69, 9.17) is 4.74 Å². The lowest BCUT2D eigenvalue weighted by Crippen LogP contribution is -3.15. The molecule has 0 unspecified atom stereocenters. The van der Waals surface area contributed by atoms with Crippen LogP contribution in [0.5, 0.6) is 0 Å². The van der Waals surface area contributed by atoms with Gasteiger partial charge in [0.2, 0.25) is 0 Å². The van der Waals surface area contributed by atoms with Gasteiger partial charge >= 0.3 is 0 Å². The number of anilines is 2. The predicted octanol–water partition coefficient (Wildman–Crippen LogP) is 3.31. The van der Waals surface area contributed by atoms with Crippen LogP contribution in [-0.4, -0.2) is 44.7 Å². The monoisotopic (exact) mass is 470 g/mol. The summed E-state index contributed by atoms with van der Waals surface area (Å²) in [5, 5.41) is 6.89. The molecular weight excluding hydrogens is 434 g/mol. The molecule has 0 spiro atoms. The van der Waals surface area contributed by atoms with Gasteiger partial charge in [-0.25, -0.2) is 0 Å². The molecule has 1 atom stereocenters. The Kier molecular flexibility index (Phi) is 7.22. The maximum Gasteiger partial charge on any atom is 0.280 e. The van der Waals surface area contributed by atoms with E-state index in [0.717, 1.165) is 49.2 Å². The molecule has 178 valence electrons. The molecule has 0 radical (unpaired) electrons. The van der Waals surface area contributed by atoms with Crippen LogP contribution in [0.15, 0.2) is 24.3 Å². The number of nitrogens with one attached hydrogen (secondary N) is 3. The number of thiophene rings is 1. The molecule has 1 aliphatic carbocycles. The Morgan fingerprint density at radius 1 is 1.15 bits per heavy atom. The summed E-state index contributed by atoms with van der Waals surface area (Å²) < 4.78 is 5.41. The van der Waals surface area contributed by atoms with E-state index in [1.807, 2.05) is 31.2 Å². The molecule has 0 bridgehead atoms. The summed E-state index contributed by atoms with van der Waals surface area (Å²) in [6.07, 6.45) is 2.89. The highest BCUT2D eigenvalue weighted by atomic mass is 32.1. The van der Waals surface area contributed by atoms with Gasteiger partial charge in [0.1, 0.15) is 18.1 Å². The van der Waals surface area contributed by atoms with Crippen LogP contribution >= 0.6 is 11.3 Å². The molecule has 1 aromatic carbocycles. The van der Waals surface area contributed by atoms with Gasteiger partial charge in [0.05, 0.1) is 18.8 Å². The van der Waals surface area contributed by atoms with Crippen molar-refractivity contribution in [2.75, 3.05) is 43.5 Å². The zero-order valence-corrected chi connectivity index (χ0v) is 21.0. The minimum atomic E-state index is -0.134. The van der Waals surface area contributed by atoms with Crippen LogP contribution in [0.2, 0.25) is 0 Å². The van der Waals surface area contributed by atoms with Crippen LogP contribution in [0.4, 0.5) is 10.7 Å². The maximum absolute atomic E-state index is 13.5. The predicted molar refractivity (Wildman–Crippen MR) is 133 cm³/mol. The van der Waals surface area contributed by atoms with Crippen molar-refractivity contribution in [2.24, 2.45) is 11.3 Å². The highest BCUT2D eigenvalue weighted by molar-refractivity contribution is 7.17. The van der Waals surface area contributed by atoms with Gasteiger partial charge in [-0.05, 0) is 54.7 Å². The SMILES string of the molecule is Cc1ccccc1NC(=O)c1c(NC(=O)C[NH+]2CCOCC2)sc2c1CC[C@@H](C(C)(C)C)C2. The molecular formula is C26H36N3O3S+. The largest absolute Gasteiger partial charge is 0.370 e. The average molecular weight is 471 g/mol. The second-order valence-electron chi connectivity index (χ2n) is 10.4. The van der Waals surface area contributed by atoms with Gasteiger partial charge in [-0.2, -0.15) is 0 Å². The summed E-state index contributed by atoms with van der Waals surface area (Å²) in [6.45, 7) is 12.3. The fourth-order valence-corrected chi connectivity index (χ4v) is 6.13. The molecule has 3 N–H and O–H groups in total. The van der Waals surface area contributed by atoms with E-state index >= 15 is 0 Å². The van der Waals surface area contributed by atoms with Gasteiger partial charge in [0.25, 0.3) is 11.8 Å². The quantitative estimate of drug-likeness (QED) is 0.628. The summed E-state index contributed by atoms with van der Waals surface area (Å²) in [6, 6.07) is 7.79. The van der Waals surface area contributed by atoms with Gasteiger partial charge in [-0.15, -0.1) is 11.3 Å². The fourth-order valence-electron chi connectivity index (χ4n) is 4.79. The summed E-state index contributed by atoms with van der Waals surface area (Å²) in [5.74, 6) is 0.394. The standard InChI is InChI=1S/C26H35N3O3S/c1-17-7-5-6-8-20(17)27-24(31)23-19-10-9-18(26(2,3)4)15-21(19)33-25(23)28-22(30)16-29-11-13-32-14-12-29/h5-8,18H,9-16H2,1-4H3,(H,27,31)(H,28,30)/p+1/t18-/m1/s1. The molecule has 7 heteroatoms. The molecule has 1 aromatic heterocycles. The molecule has 1 aliphatic heterocycles. The van der Waals surface area contributed by atoms with E-state index in [0.29, 0.717) is 36.2 Å². The van der Waals surface area contributed by atoms with Crippen LogP contribution < -0.4 is 15.5 Å². The third-order valence-corrected chi connectivity index (χ3v) is 8.14. The second kappa shape index (κ2) is 9.95. The van der Waals surface area contributed by atoms with Gasteiger partial charge in [-0.3, -0.25) is 9.59 Å². The molecule has 2 heterocycles. The number of benzene rings is 1. The number of carbonyl (C=O) groups is 2. The molecule has 1 saturated heterocycles. The Morgan fingerprint density at radius 3 is 2.58 bits per heavy atom. The van der Waals surface area contributed by atoms with E-state index in [-0.39, 0.29) is 17.2 Å². The van der Waals surface area contributed by atoms with Crippen LogP contribution in [0, 0.1) is 18.3 Å². The number of hydrogen-bond acceptors (Lipinski definition) is 4. The summed E-state index contributed by atoms with van der Waals surface area (Å²) >= 11 is 1.59. The lowest BCUT2D eigenvalue weighted by Gasteiger charge is -2.33. The fraction of sp³-hybridized carbons (Fsp3) is 0.538. The molecule has 2 aromatic rings. The number of para-hydroxylation sites is 1. The summed E-state index contributed by atoms with van der Waals surface area (Å²) in [5.41, 5.74) is 3.80. The number of carbonyl (C=O) groups excluding carboxylic acids is 2. The first kappa shape index (κ1) is 23.9. The van der Waals surface area contributed by atoms with Gasteiger partial charge in [0, 0.05) is 10.6 Å². The Labute approximate surface area is 200 Å². The Morgan fingerprint density at radius 2 is 1.88 bits per heavy atom. The van der Waals surface area contributed by atoms with E-state index in [9.17, 15) is 9.59 Å². The number of quaternary nitrogens is 1. The third kappa shape index (κ3) is 5.65. The minimum absolute atomic E-state index is 0.0391. The summed E-state index contributed by atoms with van der Waals surface area (Å²) in [4.78, 5) is 28.9. The van der Waals surface area contributed by atoms with Crippen molar-refractivity contribution in [1.82, 2.24) is 0 Å². The topological polar surface area (TPSA) is 71.9 Å². The van der Waals surface area contributed by atoms with E-state index < -0.39 is 0 Å². The smallest absolute Gasteiger partial charge is 0.280 e. The first-order valence-electron chi connectivity index (χ1n) is 11.9. The molecule has 0 saturated carbocycles. The van der Waals surface area contributed by atoms with Crippen LogP contribution in [-0.2, 0) is 22.4 Å². The third-order valence-electron chi connectivity index (χ3n) is 6.97. The molecule has 33 heavy (non-hydrogen) atoms. The Hall–Kier alpha value is -2.22. The maximum atomic E-state index is 13.5. The van der Waals surface area contributed by atoms with Crippen molar-refractivity contribution in [3.05, 3.63) is 45.8 Å². The molecule has 6 nitrogen and oxygen atoms in total. The van der Waals surface area contributed by atoms with Gasteiger partial charge in [0.15, 0.2) is 6.54 Å². The highest BCUT2D eigenvalue weighted by Gasteiger charge is 2.34. The first-order valence-corrected chi connectivity index (χ1v) is 12.8. The Bertz CT molecular complexity index is 1020. The van der Waals surface area contributed by atoms with Gasteiger partial charge in [-0.1, -0.05) is 39.0 Å². The van der Waals surface area contributed by atoms with E-state index in [1.165, 1.54) is 9.78 Å². The lowest BCUT2D eigenvalue weighted by atomic mass is 9.72. The number of morpholine rings is 1. The van der Waals surface area contributed by atoms with E-state index in [1.54, 1.807) is 11.3 Å². The van der Waals surface area contributed by atoms with Crippen molar-refractivity contribution >= 4 is 33.8 Å². The van der Waals surface area contributed by atoms with Crippen molar-refractivity contribution in [3.63, 3.8) is 0 Å².